The Hall–Kier alpha value is -0.720. The predicted molar refractivity (Wildman–Crippen MR) is 84.5 cm³/mol. The maximum atomic E-state index is 11.9. The van der Waals surface area contributed by atoms with Crippen LogP contribution in [0.25, 0.3) is 0 Å². The van der Waals surface area contributed by atoms with Crippen molar-refractivity contribution < 1.29 is 9.90 Å². The first-order chi connectivity index (χ1) is 9.40. The average molecular weight is 301 g/mol. The van der Waals surface area contributed by atoms with Crippen molar-refractivity contribution in [3.05, 3.63) is 0 Å². The van der Waals surface area contributed by atoms with Gasteiger partial charge in [0.15, 0.2) is 0 Å². The Morgan fingerprint density at radius 2 is 2.05 bits per heavy atom. The first kappa shape index (κ1) is 17.3. The van der Waals surface area contributed by atoms with Crippen LogP contribution in [0.15, 0.2) is 0 Å². The Morgan fingerprint density at radius 1 is 1.45 bits per heavy atom. The van der Waals surface area contributed by atoms with Crippen LogP contribution in [0.4, 0.5) is 0 Å². The Kier molecular flexibility index (Phi) is 7.40. The maximum absolute atomic E-state index is 11.9. The summed E-state index contributed by atoms with van der Waals surface area (Å²) in [6.07, 6.45) is 2.93. The van der Waals surface area contributed by atoms with Crippen molar-refractivity contribution in [1.29, 1.82) is 0 Å². The van der Waals surface area contributed by atoms with E-state index in [0.29, 0.717) is 30.3 Å². The summed E-state index contributed by atoms with van der Waals surface area (Å²) < 4.78 is 0. The number of nitrogens with two attached hydrogens (primary N) is 1. The van der Waals surface area contributed by atoms with Crippen molar-refractivity contribution in [2.24, 2.45) is 11.7 Å². The van der Waals surface area contributed by atoms with Gasteiger partial charge >= 0.3 is 0 Å². The fraction of sp³-hybridized carbons (Fsp3) is 0.857. The van der Waals surface area contributed by atoms with E-state index in [-0.39, 0.29) is 12.0 Å². The van der Waals surface area contributed by atoms with Crippen LogP contribution < -0.4 is 5.73 Å². The molecular formula is C14H27N3O2S. The van der Waals surface area contributed by atoms with E-state index in [9.17, 15) is 9.90 Å². The summed E-state index contributed by atoms with van der Waals surface area (Å²) in [7, 11) is 1.79. The molecule has 1 aliphatic heterocycles. The number of carbonyl (C=O) groups excluding carboxylic acids is 1. The predicted octanol–water partition coefficient (Wildman–Crippen LogP) is 0.604. The van der Waals surface area contributed by atoms with Crippen molar-refractivity contribution in [1.82, 2.24) is 9.80 Å². The highest BCUT2D eigenvalue weighted by molar-refractivity contribution is 7.80. The number of likely N-dealkylation sites (tertiary alicyclic amines) is 1. The standard InChI is InChI=1S/C14H27N3O2S/c1-11(18)12-3-8-17(9-4-12)10-6-14(19)16(2)7-5-13(15)20/h11-12,18H,3-10H2,1-2H3,(H2,15,20). The quantitative estimate of drug-likeness (QED) is 0.674. The van der Waals surface area contributed by atoms with Crippen LogP contribution >= 0.6 is 12.2 Å². The summed E-state index contributed by atoms with van der Waals surface area (Å²) in [6.45, 7) is 5.20. The molecule has 0 aromatic rings. The zero-order chi connectivity index (χ0) is 15.1. The lowest BCUT2D eigenvalue weighted by molar-refractivity contribution is -0.130. The smallest absolute Gasteiger partial charge is 0.223 e. The second-order valence-electron chi connectivity index (χ2n) is 5.70. The second-order valence-corrected chi connectivity index (χ2v) is 6.23. The molecule has 1 amide bonds. The molecule has 1 fully saturated rings. The van der Waals surface area contributed by atoms with Crippen LogP contribution in [0.2, 0.25) is 0 Å². The molecule has 0 aromatic heterocycles. The Labute approximate surface area is 127 Å². The lowest BCUT2D eigenvalue weighted by Crippen LogP contribution is -2.39. The van der Waals surface area contributed by atoms with E-state index in [2.05, 4.69) is 4.90 Å². The molecule has 0 spiro atoms. The van der Waals surface area contributed by atoms with E-state index in [0.717, 1.165) is 32.5 Å². The summed E-state index contributed by atoms with van der Waals surface area (Å²) in [6, 6.07) is 0. The molecule has 0 aromatic carbocycles. The molecule has 0 saturated carbocycles. The highest BCUT2D eigenvalue weighted by Gasteiger charge is 2.23. The molecule has 0 aliphatic carbocycles. The topological polar surface area (TPSA) is 69.8 Å². The lowest BCUT2D eigenvalue weighted by atomic mass is 9.92. The molecule has 116 valence electrons. The van der Waals surface area contributed by atoms with Gasteiger partial charge in [0.1, 0.15) is 0 Å². The van der Waals surface area contributed by atoms with E-state index >= 15 is 0 Å². The number of aliphatic hydroxyl groups excluding tert-OH is 1. The first-order valence-corrected chi connectivity index (χ1v) is 7.73. The number of aliphatic hydroxyl groups is 1. The van der Waals surface area contributed by atoms with Crippen LogP contribution in [0.3, 0.4) is 0 Å². The molecule has 1 heterocycles. The number of rotatable bonds is 7. The third kappa shape index (κ3) is 6.15. The molecule has 3 N–H and O–H groups in total. The van der Waals surface area contributed by atoms with Gasteiger partial charge in [-0.25, -0.2) is 0 Å². The molecule has 1 rings (SSSR count). The number of carbonyl (C=O) groups is 1. The van der Waals surface area contributed by atoms with Gasteiger partial charge in [-0.15, -0.1) is 0 Å². The third-order valence-electron chi connectivity index (χ3n) is 4.08. The molecule has 20 heavy (non-hydrogen) atoms. The molecule has 0 bridgehead atoms. The van der Waals surface area contributed by atoms with Crippen LogP contribution in [0.5, 0.6) is 0 Å². The SMILES string of the molecule is CC(O)C1CCN(CCC(=O)N(C)CCC(N)=S)CC1. The van der Waals surface area contributed by atoms with Crippen LogP contribution in [-0.4, -0.2) is 65.1 Å². The molecule has 6 heteroatoms. The minimum atomic E-state index is -0.218. The number of hydrogen-bond acceptors (Lipinski definition) is 4. The van der Waals surface area contributed by atoms with Crippen molar-refractivity contribution in [2.75, 3.05) is 33.2 Å². The van der Waals surface area contributed by atoms with E-state index in [1.54, 1.807) is 11.9 Å². The van der Waals surface area contributed by atoms with Gasteiger partial charge in [-0.2, -0.15) is 0 Å². The summed E-state index contributed by atoms with van der Waals surface area (Å²) in [4.78, 5) is 16.4. The second kappa shape index (κ2) is 8.54. The number of amides is 1. The highest BCUT2D eigenvalue weighted by Crippen LogP contribution is 2.20. The largest absolute Gasteiger partial charge is 0.393 e. The fourth-order valence-corrected chi connectivity index (χ4v) is 2.60. The Balaban J connectivity index is 2.20. The summed E-state index contributed by atoms with van der Waals surface area (Å²) in [5.74, 6) is 0.550. The molecular weight excluding hydrogens is 274 g/mol. The first-order valence-electron chi connectivity index (χ1n) is 7.33. The zero-order valence-electron chi connectivity index (χ0n) is 12.5. The molecule has 0 radical (unpaired) electrons. The number of hydrogen-bond donors (Lipinski definition) is 2. The van der Waals surface area contributed by atoms with E-state index < -0.39 is 0 Å². The van der Waals surface area contributed by atoms with Crippen molar-refractivity contribution in [2.45, 2.75) is 38.7 Å². The fourth-order valence-electron chi connectivity index (χ4n) is 2.51. The van der Waals surface area contributed by atoms with Crippen molar-refractivity contribution >= 4 is 23.1 Å². The number of piperidine rings is 1. The minimum absolute atomic E-state index is 0.138. The van der Waals surface area contributed by atoms with Crippen molar-refractivity contribution in [3.63, 3.8) is 0 Å². The van der Waals surface area contributed by atoms with Gasteiger partial charge in [0.05, 0.1) is 11.1 Å². The Bertz CT molecular complexity index is 328. The summed E-state index contributed by atoms with van der Waals surface area (Å²) >= 11 is 4.81. The van der Waals surface area contributed by atoms with Gasteiger partial charge in [0.2, 0.25) is 5.91 Å². The molecule has 1 aliphatic rings. The van der Waals surface area contributed by atoms with Gasteiger partial charge in [-0.05, 0) is 38.8 Å². The van der Waals surface area contributed by atoms with E-state index in [4.69, 9.17) is 18.0 Å². The van der Waals surface area contributed by atoms with Gasteiger partial charge in [0, 0.05) is 33.0 Å². The normalized spacial score (nSPS) is 18.8. The highest BCUT2D eigenvalue weighted by atomic mass is 32.1. The lowest BCUT2D eigenvalue weighted by Gasteiger charge is -2.33. The van der Waals surface area contributed by atoms with E-state index in [1.807, 2.05) is 6.92 Å². The minimum Gasteiger partial charge on any atom is -0.393 e. The van der Waals surface area contributed by atoms with Gasteiger partial charge in [0.25, 0.3) is 0 Å². The van der Waals surface area contributed by atoms with Crippen LogP contribution in [0, 0.1) is 5.92 Å². The number of thiocarbonyl (C=S) groups is 1. The molecule has 1 unspecified atom stereocenters. The molecule has 1 saturated heterocycles. The molecule has 5 nitrogen and oxygen atoms in total. The van der Waals surface area contributed by atoms with Crippen LogP contribution in [0.1, 0.15) is 32.6 Å². The van der Waals surface area contributed by atoms with Gasteiger partial charge in [-0.1, -0.05) is 12.2 Å². The summed E-state index contributed by atoms with van der Waals surface area (Å²) in [5.41, 5.74) is 5.43. The van der Waals surface area contributed by atoms with Gasteiger partial charge in [-0.3, -0.25) is 4.79 Å². The molecule has 1 atom stereocenters. The third-order valence-corrected chi connectivity index (χ3v) is 4.28. The summed E-state index contributed by atoms with van der Waals surface area (Å²) in [5, 5.41) is 9.56. The van der Waals surface area contributed by atoms with Crippen molar-refractivity contribution in [3.8, 4) is 0 Å². The number of nitrogens with zero attached hydrogens (tertiary/aromatic N) is 2. The van der Waals surface area contributed by atoms with Crippen LogP contribution in [-0.2, 0) is 4.79 Å². The van der Waals surface area contributed by atoms with E-state index in [1.165, 1.54) is 0 Å². The maximum Gasteiger partial charge on any atom is 0.223 e. The Morgan fingerprint density at radius 3 is 2.55 bits per heavy atom. The van der Waals surface area contributed by atoms with Gasteiger partial charge < -0.3 is 20.6 Å². The monoisotopic (exact) mass is 301 g/mol. The zero-order valence-corrected chi connectivity index (χ0v) is 13.4. The average Bonchev–Trinajstić information content (AvgIpc) is 2.42.